The van der Waals surface area contributed by atoms with Crippen LogP contribution in [0.5, 0.6) is 0 Å². The van der Waals surface area contributed by atoms with Crippen molar-refractivity contribution in [3.8, 4) is 0 Å². The molecule has 0 radical (unpaired) electrons. The van der Waals surface area contributed by atoms with Crippen LogP contribution in [0.3, 0.4) is 0 Å². The van der Waals surface area contributed by atoms with Gasteiger partial charge in [-0.15, -0.1) is 0 Å². The molecule has 1 aromatic heterocycles. The molecule has 0 spiro atoms. The molecule has 1 fully saturated rings. The number of hydrogen-bond acceptors (Lipinski definition) is 5. The molecule has 6 heteroatoms. The average Bonchev–Trinajstić information content (AvgIpc) is 2.23. The van der Waals surface area contributed by atoms with E-state index in [0.29, 0.717) is 17.5 Å². The highest BCUT2D eigenvalue weighted by molar-refractivity contribution is 6.29. The molecule has 0 N–H and O–H groups in total. The minimum atomic E-state index is -0.506. The fraction of sp³-hybridized carbons (Fsp3) is 0.643. The monoisotopic (exact) mass is 297 g/mol. The summed E-state index contributed by atoms with van der Waals surface area (Å²) in [6.45, 7) is 10.4. The lowest BCUT2D eigenvalue weighted by atomic mass is 9.75. The zero-order chi connectivity index (χ0) is 15.1. The Hall–Kier alpha value is -1.36. The average molecular weight is 298 g/mol. The van der Waals surface area contributed by atoms with Crippen LogP contribution >= 0.6 is 11.6 Å². The van der Waals surface area contributed by atoms with E-state index in [0.717, 1.165) is 0 Å². The maximum absolute atomic E-state index is 12.4. The van der Waals surface area contributed by atoms with Crippen LogP contribution in [0.4, 0.5) is 5.82 Å². The normalized spacial score (nSPS) is 21.3. The highest BCUT2D eigenvalue weighted by Crippen LogP contribution is 2.40. The third kappa shape index (κ3) is 3.03. The Morgan fingerprint density at radius 1 is 1.45 bits per heavy atom. The maximum atomic E-state index is 12.4. The highest BCUT2D eigenvalue weighted by Gasteiger charge is 2.52. The molecular weight excluding hydrogens is 278 g/mol. The van der Waals surface area contributed by atoms with E-state index in [1.54, 1.807) is 6.20 Å². The zero-order valence-corrected chi connectivity index (χ0v) is 13.2. The highest BCUT2D eigenvalue weighted by atomic mass is 35.5. The van der Waals surface area contributed by atoms with Crippen LogP contribution in [0.1, 0.15) is 34.6 Å². The van der Waals surface area contributed by atoms with Crippen molar-refractivity contribution in [3.05, 3.63) is 17.5 Å². The van der Waals surface area contributed by atoms with Crippen molar-refractivity contribution in [1.29, 1.82) is 0 Å². The molecule has 1 unspecified atom stereocenters. The van der Waals surface area contributed by atoms with Gasteiger partial charge in [-0.1, -0.05) is 25.4 Å². The molecule has 2 rings (SSSR count). The van der Waals surface area contributed by atoms with Gasteiger partial charge in [-0.3, -0.25) is 4.98 Å². The van der Waals surface area contributed by atoms with Crippen molar-refractivity contribution in [1.82, 2.24) is 9.97 Å². The summed E-state index contributed by atoms with van der Waals surface area (Å²) >= 11 is 5.86. The summed E-state index contributed by atoms with van der Waals surface area (Å²) in [5, 5.41) is 0.315. The van der Waals surface area contributed by atoms with Crippen molar-refractivity contribution in [2.24, 2.45) is 5.41 Å². The minimum absolute atomic E-state index is 0.160. The SMILES string of the molecule is CC(C)(C)OC(=O)C1N(c2cncc(Cl)n2)CC1(C)C. The lowest BCUT2D eigenvalue weighted by molar-refractivity contribution is -0.162. The Kier molecular flexibility index (Phi) is 3.67. The minimum Gasteiger partial charge on any atom is -0.458 e. The van der Waals surface area contributed by atoms with Crippen molar-refractivity contribution < 1.29 is 9.53 Å². The van der Waals surface area contributed by atoms with Crippen LogP contribution in [0.2, 0.25) is 5.15 Å². The Labute approximate surface area is 124 Å². The first-order valence-corrected chi connectivity index (χ1v) is 6.95. The first kappa shape index (κ1) is 15.0. The molecule has 2 heterocycles. The van der Waals surface area contributed by atoms with E-state index >= 15 is 0 Å². The van der Waals surface area contributed by atoms with Gasteiger partial charge in [0.15, 0.2) is 0 Å². The van der Waals surface area contributed by atoms with Crippen molar-refractivity contribution in [3.63, 3.8) is 0 Å². The molecule has 0 saturated carbocycles. The molecule has 0 aromatic carbocycles. The van der Waals surface area contributed by atoms with E-state index in [-0.39, 0.29) is 17.4 Å². The summed E-state index contributed by atoms with van der Waals surface area (Å²) in [5.74, 6) is 0.364. The zero-order valence-electron chi connectivity index (χ0n) is 12.5. The molecule has 0 aliphatic carbocycles. The van der Waals surface area contributed by atoms with Gasteiger partial charge in [0.05, 0.1) is 12.4 Å². The molecule has 0 bridgehead atoms. The Morgan fingerprint density at radius 3 is 2.60 bits per heavy atom. The molecule has 5 nitrogen and oxygen atoms in total. The van der Waals surface area contributed by atoms with Crippen molar-refractivity contribution in [2.75, 3.05) is 11.4 Å². The summed E-state index contributed by atoms with van der Waals surface area (Å²) in [6.07, 6.45) is 3.08. The van der Waals surface area contributed by atoms with Crippen LogP contribution in [0.15, 0.2) is 12.4 Å². The number of hydrogen-bond donors (Lipinski definition) is 0. The van der Waals surface area contributed by atoms with Gasteiger partial charge in [0, 0.05) is 12.0 Å². The second-order valence-electron chi connectivity index (χ2n) is 6.75. The molecule has 0 amide bonds. The summed E-state index contributed by atoms with van der Waals surface area (Å²) in [7, 11) is 0. The molecule has 110 valence electrons. The lowest BCUT2D eigenvalue weighted by Crippen LogP contribution is -2.67. The summed E-state index contributed by atoms with van der Waals surface area (Å²) in [5.41, 5.74) is -0.666. The van der Waals surface area contributed by atoms with E-state index in [1.807, 2.05) is 39.5 Å². The number of carbonyl (C=O) groups excluding carboxylic acids is 1. The van der Waals surface area contributed by atoms with E-state index in [2.05, 4.69) is 9.97 Å². The molecule has 1 aliphatic rings. The van der Waals surface area contributed by atoms with Gasteiger partial charge in [0.25, 0.3) is 0 Å². The molecule has 1 atom stereocenters. The van der Waals surface area contributed by atoms with Gasteiger partial charge >= 0.3 is 5.97 Å². The number of halogens is 1. The van der Waals surface area contributed by atoms with Crippen LogP contribution in [0, 0.1) is 5.41 Å². The summed E-state index contributed by atoms with van der Waals surface area (Å²) in [6, 6.07) is -0.366. The van der Waals surface area contributed by atoms with Gasteiger partial charge in [0.1, 0.15) is 22.6 Å². The predicted octanol–water partition coefficient (Wildman–Crippen LogP) is 2.69. The third-order valence-corrected chi connectivity index (χ3v) is 3.33. The largest absolute Gasteiger partial charge is 0.458 e. The van der Waals surface area contributed by atoms with Crippen molar-refractivity contribution >= 4 is 23.4 Å². The third-order valence-electron chi connectivity index (χ3n) is 3.15. The number of esters is 1. The number of carbonyl (C=O) groups is 1. The fourth-order valence-corrected chi connectivity index (χ4v) is 2.56. The summed E-state index contributed by atoms with van der Waals surface area (Å²) in [4.78, 5) is 22.5. The van der Waals surface area contributed by atoms with Gasteiger partial charge in [-0.05, 0) is 20.8 Å². The smallest absolute Gasteiger partial charge is 0.329 e. The van der Waals surface area contributed by atoms with Gasteiger partial charge in [-0.25, -0.2) is 9.78 Å². The molecule has 1 saturated heterocycles. The van der Waals surface area contributed by atoms with Gasteiger partial charge in [-0.2, -0.15) is 0 Å². The topological polar surface area (TPSA) is 55.3 Å². The molecule has 20 heavy (non-hydrogen) atoms. The number of rotatable bonds is 2. The molecule has 1 aliphatic heterocycles. The standard InChI is InChI=1S/C14H20ClN3O2/c1-13(2,3)20-12(19)11-14(4,5)8-18(11)10-7-16-6-9(15)17-10/h6-7,11H,8H2,1-5H3. The van der Waals surface area contributed by atoms with Crippen LogP contribution in [0.25, 0.3) is 0 Å². The number of ether oxygens (including phenoxy) is 1. The molecular formula is C14H20ClN3O2. The second-order valence-corrected chi connectivity index (χ2v) is 7.14. The first-order valence-electron chi connectivity index (χ1n) is 6.57. The van der Waals surface area contributed by atoms with Gasteiger partial charge in [0.2, 0.25) is 0 Å². The number of aromatic nitrogens is 2. The van der Waals surface area contributed by atoms with Crippen LogP contribution in [-0.4, -0.2) is 34.1 Å². The lowest BCUT2D eigenvalue weighted by Gasteiger charge is -2.53. The summed E-state index contributed by atoms with van der Waals surface area (Å²) < 4.78 is 5.50. The Morgan fingerprint density at radius 2 is 2.10 bits per heavy atom. The van der Waals surface area contributed by atoms with Gasteiger partial charge < -0.3 is 9.64 Å². The number of anilines is 1. The maximum Gasteiger partial charge on any atom is 0.329 e. The quantitative estimate of drug-likeness (QED) is 0.786. The Balaban J connectivity index is 2.22. The van der Waals surface area contributed by atoms with Crippen molar-refractivity contribution in [2.45, 2.75) is 46.3 Å². The van der Waals surface area contributed by atoms with Crippen LogP contribution < -0.4 is 4.90 Å². The van der Waals surface area contributed by atoms with E-state index in [9.17, 15) is 4.79 Å². The van der Waals surface area contributed by atoms with E-state index < -0.39 is 5.60 Å². The molecule has 1 aromatic rings. The van der Waals surface area contributed by atoms with Crippen LogP contribution in [-0.2, 0) is 9.53 Å². The second kappa shape index (κ2) is 4.88. The Bertz CT molecular complexity index is 525. The number of nitrogens with zero attached hydrogens (tertiary/aromatic N) is 3. The fourth-order valence-electron chi connectivity index (χ4n) is 2.41. The van der Waals surface area contributed by atoms with E-state index in [4.69, 9.17) is 16.3 Å². The first-order chi connectivity index (χ1) is 9.10. The van der Waals surface area contributed by atoms with E-state index in [1.165, 1.54) is 6.20 Å². The predicted molar refractivity (Wildman–Crippen MR) is 77.8 cm³/mol.